The SMILES string of the molecule is O=[N+]([O-])c1ccc(N/N=C/c2ccc(O)cc2)c(S(=O)(=O)Nc2ccccc2Cl)c1. The highest BCUT2D eigenvalue weighted by atomic mass is 35.5. The molecule has 3 aromatic carbocycles. The fourth-order valence-corrected chi connectivity index (χ4v) is 3.92. The molecule has 0 radical (unpaired) electrons. The molecule has 3 aromatic rings. The first-order valence-electron chi connectivity index (χ1n) is 8.40. The number of hydrazone groups is 1. The second-order valence-electron chi connectivity index (χ2n) is 5.98. The number of nitrogens with zero attached hydrogens (tertiary/aromatic N) is 2. The minimum Gasteiger partial charge on any atom is -0.508 e. The van der Waals surface area contributed by atoms with Crippen LogP contribution in [0, 0.1) is 10.1 Å². The van der Waals surface area contributed by atoms with Gasteiger partial charge in [0.05, 0.1) is 27.5 Å². The van der Waals surface area contributed by atoms with Crippen LogP contribution in [0.4, 0.5) is 17.1 Å². The molecule has 3 N–H and O–H groups in total. The van der Waals surface area contributed by atoms with Crippen molar-refractivity contribution in [2.24, 2.45) is 5.10 Å². The molecule has 9 nitrogen and oxygen atoms in total. The summed E-state index contributed by atoms with van der Waals surface area (Å²) in [6.07, 6.45) is 1.40. The van der Waals surface area contributed by atoms with Crippen LogP contribution in [0.3, 0.4) is 0 Å². The average molecular weight is 447 g/mol. The molecule has 154 valence electrons. The van der Waals surface area contributed by atoms with E-state index >= 15 is 0 Å². The molecule has 0 heterocycles. The van der Waals surface area contributed by atoms with Gasteiger partial charge in [0.2, 0.25) is 0 Å². The van der Waals surface area contributed by atoms with Gasteiger partial charge in [0.15, 0.2) is 0 Å². The monoisotopic (exact) mass is 446 g/mol. The summed E-state index contributed by atoms with van der Waals surface area (Å²) in [5.74, 6) is 0.0921. The maximum atomic E-state index is 12.9. The number of aromatic hydroxyl groups is 1. The van der Waals surface area contributed by atoms with E-state index in [1.807, 2.05) is 0 Å². The van der Waals surface area contributed by atoms with Crippen molar-refractivity contribution >= 4 is 44.9 Å². The Morgan fingerprint density at radius 1 is 1.03 bits per heavy atom. The summed E-state index contributed by atoms with van der Waals surface area (Å²) in [6.45, 7) is 0. The Morgan fingerprint density at radius 2 is 1.73 bits per heavy atom. The molecule has 3 rings (SSSR count). The van der Waals surface area contributed by atoms with E-state index < -0.39 is 20.6 Å². The zero-order chi connectivity index (χ0) is 21.7. The van der Waals surface area contributed by atoms with Crippen molar-refractivity contribution in [3.63, 3.8) is 0 Å². The van der Waals surface area contributed by atoms with E-state index in [9.17, 15) is 23.6 Å². The van der Waals surface area contributed by atoms with Gasteiger partial charge in [-0.25, -0.2) is 8.42 Å². The lowest BCUT2D eigenvalue weighted by molar-refractivity contribution is -0.385. The predicted molar refractivity (Wildman–Crippen MR) is 115 cm³/mol. The molecule has 0 spiro atoms. The molecular weight excluding hydrogens is 432 g/mol. The van der Waals surface area contributed by atoms with Gasteiger partial charge in [0.1, 0.15) is 10.6 Å². The first-order valence-corrected chi connectivity index (χ1v) is 10.3. The summed E-state index contributed by atoms with van der Waals surface area (Å²) in [5.41, 5.74) is 2.97. The number of rotatable bonds is 7. The number of hydrogen-bond donors (Lipinski definition) is 3. The molecule has 0 amide bonds. The average Bonchev–Trinajstić information content (AvgIpc) is 2.71. The van der Waals surface area contributed by atoms with Crippen LogP contribution in [-0.4, -0.2) is 24.7 Å². The molecule has 0 unspecified atom stereocenters. The Hall–Kier alpha value is -3.63. The Labute approximate surface area is 176 Å². The van der Waals surface area contributed by atoms with E-state index in [1.165, 1.54) is 36.5 Å². The molecule has 0 aliphatic rings. The molecule has 30 heavy (non-hydrogen) atoms. The summed E-state index contributed by atoms with van der Waals surface area (Å²) < 4.78 is 28.1. The molecule has 0 aromatic heterocycles. The Bertz CT molecular complexity index is 1210. The summed E-state index contributed by atoms with van der Waals surface area (Å²) in [4.78, 5) is 10.1. The van der Waals surface area contributed by atoms with Crippen molar-refractivity contribution in [1.82, 2.24) is 0 Å². The quantitative estimate of drug-likeness (QED) is 0.283. The largest absolute Gasteiger partial charge is 0.508 e. The second-order valence-corrected chi connectivity index (χ2v) is 8.04. The first kappa shape index (κ1) is 21.1. The standard InChI is InChI=1S/C19H15ClN4O5S/c20-16-3-1-2-4-17(16)23-30(28,29)19-11-14(24(26)27)7-10-18(19)22-21-12-13-5-8-15(25)9-6-13/h1-12,22-23,25H/b21-12+. The van der Waals surface area contributed by atoms with Crippen molar-refractivity contribution in [2.45, 2.75) is 4.90 Å². The number of phenols is 1. The number of halogens is 1. The van der Waals surface area contributed by atoms with Crippen molar-refractivity contribution < 1.29 is 18.4 Å². The highest BCUT2D eigenvalue weighted by Gasteiger charge is 2.23. The van der Waals surface area contributed by atoms with Gasteiger partial charge >= 0.3 is 0 Å². The van der Waals surface area contributed by atoms with E-state index in [1.54, 1.807) is 24.3 Å². The zero-order valence-electron chi connectivity index (χ0n) is 15.2. The maximum absolute atomic E-state index is 12.9. The molecule has 0 aliphatic carbocycles. The third-order valence-electron chi connectivity index (χ3n) is 3.88. The van der Waals surface area contributed by atoms with Crippen molar-refractivity contribution in [3.05, 3.63) is 87.4 Å². The fourth-order valence-electron chi connectivity index (χ4n) is 2.42. The lowest BCUT2D eigenvalue weighted by atomic mass is 10.2. The second kappa shape index (κ2) is 8.80. The van der Waals surface area contributed by atoms with E-state index in [4.69, 9.17) is 11.6 Å². The molecular formula is C19H15ClN4O5S. The number of anilines is 2. The summed E-state index contributed by atoms with van der Waals surface area (Å²) >= 11 is 6.01. The van der Waals surface area contributed by atoms with E-state index in [-0.39, 0.29) is 27.0 Å². The van der Waals surface area contributed by atoms with Crippen LogP contribution in [0.2, 0.25) is 5.02 Å². The fraction of sp³-hybridized carbons (Fsp3) is 0. The van der Waals surface area contributed by atoms with Crippen molar-refractivity contribution in [2.75, 3.05) is 10.1 Å². The number of non-ortho nitro benzene ring substituents is 1. The topological polar surface area (TPSA) is 134 Å². The van der Waals surface area contributed by atoms with Gasteiger partial charge < -0.3 is 5.11 Å². The minimum atomic E-state index is -4.23. The van der Waals surface area contributed by atoms with E-state index in [2.05, 4.69) is 15.2 Å². The molecule has 0 bridgehead atoms. The highest BCUT2D eigenvalue weighted by Crippen LogP contribution is 2.30. The van der Waals surface area contributed by atoms with Crippen molar-refractivity contribution in [1.29, 1.82) is 0 Å². The number of hydrogen-bond acceptors (Lipinski definition) is 7. The molecule has 0 saturated heterocycles. The van der Waals surface area contributed by atoms with Crippen LogP contribution in [0.15, 0.2) is 76.7 Å². The van der Waals surface area contributed by atoms with Crippen molar-refractivity contribution in [3.8, 4) is 5.75 Å². The van der Waals surface area contributed by atoms with Gasteiger partial charge in [-0.3, -0.25) is 20.3 Å². The van der Waals surface area contributed by atoms with Crippen LogP contribution in [0.5, 0.6) is 5.75 Å². The molecule has 0 saturated carbocycles. The lowest BCUT2D eigenvalue weighted by Crippen LogP contribution is -2.15. The Kier molecular flexibility index (Phi) is 6.19. The van der Waals surface area contributed by atoms with Gasteiger partial charge in [-0.1, -0.05) is 23.7 Å². The number of para-hydroxylation sites is 1. The van der Waals surface area contributed by atoms with Crippen LogP contribution in [0.1, 0.15) is 5.56 Å². The van der Waals surface area contributed by atoms with Gasteiger partial charge in [-0.15, -0.1) is 0 Å². The third kappa shape index (κ3) is 5.04. The van der Waals surface area contributed by atoms with Crippen LogP contribution < -0.4 is 10.1 Å². The van der Waals surface area contributed by atoms with Crippen LogP contribution in [0.25, 0.3) is 0 Å². The van der Waals surface area contributed by atoms with Gasteiger partial charge in [-0.05, 0) is 48.0 Å². The molecule has 0 fully saturated rings. The number of phenolic OH excluding ortho intramolecular Hbond substituents is 1. The maximum Gasteiger partial charge on any atom is 0.270 e. The van der Waals surface area contributed by atoms with Gasteiger partial charge in [0, 0.05) is 12.1 Å². The summed E-state index contributed by atoms with van der Waals surface area (Å²) in [5, 5.41) is 24.6. The number of nitrogens with one attached hydrogen (secondary N) is 2. The summed E-state index contributed by atoms with van der Waals surface area (Å²) in [6, 6.07) is 15.7. The van der Waals surface area contributed by atoms with E-state index in [0.29, 0.717) is 5.56 Å². The normalized spacial score (nSPS) is 11.4. The molecule has 0 aliphatic heterocycles. The van der Waals surface area contributed by atoms with Gasteiger partial charge in [0.25, 0.3) is 15.7 Å². The number of benzene rings is 3. The predicted octanol–water partition coefficient (Wildman–Crippen LogP) is 4.20. The Morgan fingerprint density at radius 3 is 2.40 bits per heavy atom. The number of sulfonamides is 1. The van der Waals surface area contributed by atoms with E-state index in [0.717, 1.165) is 12.1 Å². The Balaban J connectivity index is 1.94. The third-order valence-corrected chi connectivity index (χ3v) is 5.61. The smallest absolute Gasteiger partial charge is 0.270 e. The number of nitro groups is 1. The minimum absolute atomic E-state index is 0.0233. The van der Waals surface area contributed by atoms with Crippen LogP contribution in [-0.2, 0) is 10.0 Å². The van der Waals surface area contributed by atoms with Crippen LogP contribution >= 0.6 is 11.6 Å². The number of nitro benzene ring substituents is 1. The molecule has 11 heteroatoms. The zero-order valence-corrected chi connectivity index (χ0v) is 16.8. The van der Waals surface area contributed by atoms with Gasteiger partial charge in [-0.2, -0.15) is 5.10 Å². The first-order chi connectivity index (χ1) is 14.3. The lowest BCUT2D eigenvalue weighted by Gasteiger charge is -2.12. The highest BCUT2D eigenvalue weighted by molar-refractivity contribution is 7.93. The summed E-state index contributed by atoms with van der Waals surface area (Å²) in [7, 11) is -4.23. The molecule has 0 atom stereocenters.